The molecule has 2 N–H and O–H groups in total. The van der Waals surface area contributed by atoms with Gasteiger partial charge in [-0.3, -0.25) is 4.99 Å². The maximum absolute atomic E-state index is 4.98. The molecule has 1 heterocycles. The quantitative estimate of drug-likeness (QED) is 0.303. The van der Waals surface area contributed by atoms with Gasteiger partial charge in [-0.1, -0.05) is 0 Å². The number of ether oxygens (including phenoxy) is 1. The molecule has 0 aromatic rings. The van der Waals surface area contributed by atoms with Crippen LogP contribution in [0.15, 0.2) is 4.99 Å². The summed E-state index contributed by atoms with van der Waals surface area (Å²) >= 11 is 0. The molecule has 0 bridgehead atoms. The molecule has 108 valence electrons. The SMILES string of the molecule is CN=C(NCCCN1CCCC1)NCCOC.I. The third kappa shape index (κ3) is 8.10. The van der Waals surface area contributed by atoms with Crippen molar-refractivity contribution in [1.82, 2.24) is 15.5 Å². The Morgan fingerprint density at radius 1 is 1.22 bits per heavy atom. The molecule has 0 aliphatic carbocycles. The molecule has 0 aromatic heterocycles. The van der Waals surface area contributed by atoms with Crippen molar-refractivity contribution in [3.63, 3.8) is 0 Å². The Hall–Kier alpha value is -0.0800. The van der Waals surface area contributed by atoms with E-state index in [9.17, 15) is 0 Å². The zero-order valence-corrected chi connectivity index (χ0v) is 13.9. The van der Waals surface area contributed by atoms with E-state index in [1.54, 1.807) is 14.2 Å². The standard InChI is InChI=1S/C12H26N4O.HI/c1-13-12(15-7-11-17-2)14-6-5-10-16-8-3-4-9-16;/h3-11H2,1-2H3,(H2,13,14,15);1H. The molecule has 1 rings (SSSR count). The van der Waals surface area contributed by atoms with Crippen molar-refractivity contribution in [2.75, 3.05) is 53.5 Å². The van der Waals surface area contributed by atoms with Crippen molar-refractivity contribution in [3.8, 4) is 0 Å². The Bertz CT molecular complexity index is 220. The summed E-state index contributed by atoms with van der Waals surface area (Å²) in [5.74, 6) is 0.864. The summed E-state index contributed by atoms with van der Waals surface area (Å²) in [5, 5.41) is 6.51. The van der Waals surface area contributed by atoms with Crippen LogP contribution in [0.3, 0.4) is 0 Å². The zero-order valence-electron chi connectivity index (χ0n) is 11.6. The molecule has 0 unspecified atom stereocenters. The number of aliphatic imine (C=N–C) groups is 1. The molecule has 1 fully saturated rings. The molecule has 1 aliphatic heterocycles. The summed E-state index contributed by atoms with van der Waals surface area (Å²) in [6.07, 6.45) is 3.91. The molecule has 0 radical (unpaired) electrons. The first-order valence-corrected chi connectivity index (χ1v) is 6.52. The summed E-state index contributed by atoms with van der Waals surface area (Å²) in [4.78, 5) is 6.68. The second-order valence-electron chi connectivity index (χ2n) is 4.32. The van der Waals surface area contributed by atoms with Gasteiger partial charge in [0.2, 0.25) is 0 Å². The van der Waals surface area contributed by atoms with E-state index in [0.717, 1.165) is 19.0 Å². The number of rotatable bonds is 7. The van der Waals surface area contributed by atoms with Gasteiger partial charge in [0.25, 0.3) is 0 Å². The maximum atomic E-state index is 4.98. The van der Waals surface area contributed by atoms with E-state index in [-0.39, 0.29) is 24.0 Å². The molecule has 18 heavy (non-hydrogen) atoms. The number of halogens is 1. The number of hydrogen-bond acceptors (Lipinski definition) is 3. The minimum absolute atomic E-state index is 0. The highest BCUT2D eigenvalue weighted by Crippen LogP contribution is 2.06. The van der Waals surface area contributed by atoms with Gasteiger partial charge in [-0.05, 0) is 38.9 Å². The van der Waals surface area contributed by atoms with Crippen molar-refractivity contribution >= 4 is 29.9 Å². The topological polar surface area (TPSA) is 48.9 Å². The second-order valence-corrected chi connectivity index (χ2v) is 4.32. The third-order valence-corrected chi connectivity index (χ3v) is 2.96. The van der Waals surface area contributed by atoms with Crippen LogP contribution in [0.4, 0.5) is 0 Å². The smallest absolute Gasteiger partial charge is 0.191 e. The molecule has 0 atom stereocenters. The van der Waals surface area contributed by atoms with Crippen LogP contribution in [0.1, 0.15) is 19.3 Å². The minimum Gasteiger partial charge on any atom is -0.383 e. The highest BCUT2D eigenvalue weighted by molar-refractivity contribution is 14.0. The van der Waals surface area contributed by atoms with Crippen LogP contribution in [0.25, 0.3) is 0 Å². The van der Waals surface area contributed by atoms with Gasteiger partial charge >= 0.3 is 0 Å². The molecule has 0 aromatic carbocycles. The lowest BCUT2D eigenvalue weighted by molar-refractivity contribution is 0.203. The van der Waals surface area contributed by atoms with E-state index < -0.39 is 0 Å². The van der Waals surface area contributed by atoms with E-state index in [2.05, 4.69) is 20.5 Å². The summed E-state index contributed by atoms with van der Waals surface area (Å²) < 4.78 is 4.98. The van der Waals surface area contributed by atoms with E-state index in [4.69, 9.17) is 4.74 Å². The fourth-order valence-electron chi connectivity index (χ4n) is 2.01. The Kier molecular flexibility index (Phi) is 11.9. The van der Waals surface area contributed by atoms with E-state index in [1.165, 1.54) is 38.9 Å². The van der Waals surface area contributed by atoms with E-state index >= 15 is 0 Å². The Balaban J connectivity index is 0.00000289. The fraction of sp³-hybridized carbons (Fsp3) is 0.917. The van der Waals surface area contributed by atoms with Crippen LogP contribution < -0.4 is 10.6 Å². The lowest BCUT2D eigenvalue weighted by Crippen LogP contribution is -2.40. The van der Waals surface area contributed by atoms with E-state index in [1.807, 2.05) is 0 Å². The summed E-state index contributed by atoms with van der Waals surface area (Å²) in [5.41, 5.74) is 0. The number of likely N-dealkylation sites (tertiary alicyclic amines) is 1. The molecule has 1 saturated heterocycles. The summed E-state index contributed by atoms with van der Waals surface area (Å²) in [7, 11) is 3.50. The van der Waals surface area contributed by atoms with Gasteiger partial charge in [-0.2, -0.15) is 0 Å². The van der Waals surface area contributed by atoms with Gasteiger partial charge in [0.05, 0.1) is 6.61 Å². The zero-order chi connectivity index (χ0) is 12.3. The number of methoxy groups -OCH3 is 1. The Labute approximate surface area is 128 Å². The first-order valence-electron chi connectivity index (χ1n) is 6.52. The normalized spacial score (nSPS) is 16.4. The lowest BCUT2D eigenvalue weighted by atomic mass is 10.4. The highest BCUT2D eigenvalue weighted by atomic mass is 127. The highest BCUT2D eigenvalue weighted by Gasteiger charge is 2.10. The van der Waals surface area contributed by atoms with Crippen molar-refractivity contribution in [3.05, 3.63) is 0 Å². The largest absolute Gasteiger partial charge is 0.383 e. The van der Waals surface area contributed by atoms with Crippen molar-refractivity contribution in [2.45, 2.75) is 19.3 Å². The van der Waals surface area contributed by atoms with Crippen LogP contribution in [0.2, 0.25) is 0 Å². The van der Waals surface area contributed by atoms with Crippen LogP contribution in [-0.2, 0) is 4.74 Å². The van der Waals surface area contributed by atoms with Crippen LogP contribution in [0.5, 0.6) is 0 Å². The maximum Gasteiger partial charge on any atom is 0.191 e. The van der Waals surface area contributed by atoms with Gasteiger partial charge < -0.3 is 20.3 Å². The van der Waals surface area contributed by atoms with E-state index in [0.29, 0.717) is 6.61 Å². The van der Waals surface area contributed by atoms with Crippen molar-refractivity contribution in [2.24, 2.45) is 4.99 Å². The summed E-state index contributed by atoms with van der Waals surface area (Å²) in [6, 6.07) is 0. The van der Waals surface area contributed by atoms with Crippen LogP contribution >= 0.6 is 24.0 Å². The van der Waals surface area contributed by atoms with Gasteiger partial charge in [0, 0.05) is 27.2 Å². The molecule has 0 spiro atoms. The van der Waals surface area contributed by atoms with Crippen molar-refractivity contribution < 1.29 is 4.74 Å². The van der Waals surface area contributed by atoms with Crippen molar-refractivity contribution in [1.29, 1.82) is 0 Å². The fourth-order valence-corrected chi connectivity index (χ4v) is 2.01. The number of hydrogen-bond donors (Lipinski definition) is 2. The molecule has 6 heteroatoms. The van der Waals surface area contributed by atoms with Gasteiger partial charge in [-0.25, -0.2) is 0 Å². The Morgan fingerprint density at radius 2 is 1.89 bits per heavy atom. The minimum atomic E-state index is 0. The van der Waals surface area contributed by atoms with Gasteiger partial charge in [-0.15, -0.1) is 24.0 Å². The third-order valence-electron chi connectivity index (χ3n) is 2.96. The molecule has 0 saturated carbocycles. The summed E-state index contributed by atoms with van der Waals surface area (Å²) in [6.45, 7) is 6.23. The molecule has 1 aliphatic rings. The average molecular weight is 370 g/mol. The number of nitrogens with zero attached hydrogens (tertiary/aromatic N) is 2. The first-order chi connectivity index (χ1) is 8.36. The van der Waals surface area contributed by atoms with Gasteiger partial charge in [0.15, 0.2) is 5.96 Å². The lowest BCUT2D eigenvalue weighted by Gasteiger charge is -2.15. The van der Waals surface area contributed by atoms with Crippen LogP contribution in [0, 0.1) is 0 Å². The predicted molar refractivity (Wildman–Crippen MR) is 86.9 cm³/mol. The first kappa shape index (κ1) is 17.9. The molecule has 0 amide bonds. The average Bonchev–Trinajstić information content (AvgIpc) is 2.85. The second kappa shape index (κ2) is 12.0. The molecular formula is C12H27IN4O. The number of guanidine groups is 1. The number of nitrogens with one attached hydrogen (secondary N) is 2. The Morgan fingerprint density at radius 3 is 2.50 bits per heavy atom. The van der Waals surface area contributed by atoms with Gasteiger partial charge in [0.1, 0.15) is 0 Å². The predicted octanol–water partition coefficient (Wildman–Crippen LogP) is 0.902. The molecule has 5 nitrogen and oxygen atoms in total. The monoisotopic (exact) mass is 370 g/mol. The van der Waals surface area contributed by atoms with Crippen LogP contribution in [-0.4, -0.2) is 64.3 Å². The molecular weight excluding hydrogens is 343 g/mol.